The molecule has 0 saturated heterocycles. The predicted molar refractivity (Wildman–Crippen MR) is 56.6 cm³/mol. The van der Waals surface area contributed by atoms with Crippen LogP contribution in [0.25, 0.3) is 0 Å². The number of rotatable bonds is 1. The van der Waals surface area contributed by atoms with E-state index in [1.165, 1.54) is 0 Å². The molecule has 0 bridgehead atoms. The Kier molecular flexibility index (Phi) is 2.23. The van der Waals surface area contributed by atoms with Gasteiger partial charge in [-0.15, -0.1) is 0 Å². The van der Waals surface area contributed by atoms with Crippen molar-refractivity contribution in [2.24, 2.45) is 5.73 Å². The fourth-order valence-corrected chi connectivity index (χ4v) is 1.68. The van der Waals surface area contributed by atoms with Gasteiger partial charge in [-0.05, 0) is 11.6 Å². The third-order valence-electron chi connectivity index (χ3n) is 2.43. The van der Waals surface area contributed by atoms with Gasteiger partial charge < -0.3 is 5.11 Å². The van der Waals surface area contributed by atoms with Gasteiger partial charge >= 0.3 is 0 Å². The minimum absolute atomic E-state index is 0.159. The van der Waals surface area contributed by atoms with E-state index in [-0.39, 0.29) is 5.92 Å². The van der Waals surface area contributed by atoms with Crippen molar-refractivity contribution in [3.05, 3.63) is 60.2 Å². The highest BCUT2D eigenvalue weighted by molar-refractivity contribution is 5.34. The number of hydrogen-bond acceptors (Lipinski definition) is 2. The van der Waals surface area contributed by atoms with Gasteiger partial charge in [0.15, 0.2) is 0 Å². The average Bonchev–Trinajstić information content (AvgIpc) is 2.18. The van der Waals surface area contributed by atoms with E-state index in [0.29, 0.717) is 0 Å². The smallest absolute Gasteiger partial charge is 0.143 e. The van der Waals surface area contributed by atoms with Crippen molar-refractivity contribution in [3.8, 4) is 0 Å². The highest BCUT2D eigenvalue weighted by Gasteiger charge is 2.30. The van der Waals surface area contributed by atoms with Crippen LogP contribution in [-0.4, -0.2) is 10.8 Å². The maximum Gasteiger partial charge on any atom is 0.143 e. The molecule has 0 radical (unpaired) electrons. The first kappa shape index (κ1) is 9.19. The van der Waals surface area contributed by atoms with Gasteiger partial charge in [0, 0.05) is 5.92 Å². The number of allylic oxidation sites excluding steroid dienone is 2. The topological polar surface area (TPSA) is 46.2 Å². The molecule has 72 valence electrons. The van der Waals surface area contributed by atoms with Gasteiger partial charge in [0.25, 0.3) is 0 Å². The SMILES string of the molecule is NC1(O)C=CC=CC1c1ccccc1. The van der Waals surface area contributed by atoms with Crippen molar-refractivity contribution in [1.29, 1.82) is 0 Å². The number of nitrogens with two attached hydrogens (primary N) is 1. The van der Waals surface area contributed by atoms with E-state index in [4.69, 9.17) is 5.73 Å². The van der Waals surface area contributed by atoms with Crippen LogP contribution in [0.4, 0.5) is 0 Å². The Labute approximate surface area is 83.4 Å². The van der Waals surface area contributed by atoms with E-state index in [1.807, 2.05) is 42.5 Å². The summed E-state index contributed by atoms with van der Waals surface area (Å²) in [6.45, 7) is 0. The maximum atomic E-state index is 9.93. The second-order valence-corrected chi connectivity index (χ2v) is 3.52. The lowest BCUT2D eigenvalue weighted by Crippen LogP contribution is -2.43. The number of hydrogen-bond donors (Lipinski definition) is 2. The van der Waals surface area contributed by atoms with Crippen LogP contribution in [-0.2, 0) is 0 Å². The first-order valence-electron chi connectivity index (χ1n) is 4.62. The van der Waals surface area contributed by atoms with Crippen molar-refractivity contribution in [1.82, 2.24) is 0 Å². The van der Waals surface area contributed by atoms with Crippen LogP contribution in [0.15, 0.2) is 54.6 Å². The van der Waals surface area contributed by atoms with Gasteiger partial charge in [0.2, 0.25) is 0 Å². The van der Waals surface area contributed by atoms with Gasteiger partial charge in [-0.1, -0.05) is 48.6 Å². The van der Waals surface area contributed by atoms with E-state index in [9.17, 15) is 5.11 Å². The fourth-order valence-electron chi connectivity index (χ4n) is 1.68. The molecule has 3 N–H and O–H groups in total. The standard InChI is InChI=1S/C12H13NO/c13-12(14)9-5-4-8-11(12)10-6-2-1-3-7-10/h1-9,11,14H,13H2. The number of aliphatic hydroxyl groups is 1. The fraction of sp³-hybridized carbons (Fsp3) is 0.167. The molecule has 2 unspecified atom stereocenters. The summed E-state index contributed by atoms with van der Waals surface area (Å²) >= 11 is 0. The molecule has 0 heterocycles. The minimum Gasteiger partial charge on any atom is -0.371 e. The molecule has 2 nitrogen and oxygen atoms in total. The van der Waals surface area contributed by atoms with Crippen LogP contribution in [0.1, 0.15) is 11.5 Å². The summed E-state index contributed by atoms with van der Waals surface area (Å²) < 4.78 is 0. The van der Waals surface area contributed by atoms with Crippen LogP contribution < -0.4 is 5.73 Å². The van der Waals surface area contributed by atoms with E-state index < -0.39 is 5.72 Å². The van der Waals surface area contributed by atoms with E-state index in [1.54, 1.807) is 12.2 Å². The maximum absolute atomic E-state index is 9.93. The van der Waals surface area contributed by atoms with Gasteiger partial charge in [0.05, 0.1) is 0 Å². The first-order valence-corrected chi connectivity index (χ1v) is 4.62. The molecular weight excluding hydrogens is 174 g/mol. The Bertz CT molecular complexity index is 365. The highest BCUT2D eigenvalue weighted by Crippen LogP contribution is 2.29. The molecule has 2 heteroatoms. The number of benzene rings is 1. The van der Waals surface area contributed by atoms with Gasteiger partial charge in [-0.2, -0.15) is 0 Å². The average molecular weight is 187 g/mol. The van der Waals surface area contributed by atoms with Crippen molar-refractivity contribution in [3.63, 3.8) is 0 Å². The monoisotopic (exact) mass is 187 g/mol. The van der Waals surface area contributed by atoms with Crippen LogP contribution in [0.2, 0.25) is 0 Å². The Balaban J connectivity index is 2.36. The van der Waals surface area contributed by atoms with Crippen LogP contribution in [0.5, 0.6) is 0 Å². The molecule has 1 aromatic rings. The summed E-state index contributed by atoms with van der Waals surface area (Å²) in [6.07, 6.45) is 7.19. The van der Waals surface area contributed by atoms with Crippen LogP contribution >= 0.6 is 0 Å². The van der Waals surface area contributed by atoms with Crippen LogP contribution in [0.3, 0.4) is 0 Å². The molecular formula is C12H13NO. The Morgan fingerprint density at radius 2 is 1.86 bits per heavy atom. The zero-order valence-corrected chi connectivity index (χ0v) is 7.80. The normalized spacial score (nSPS) is 30.6. The molecule has 0 aliphatic heterocycles. The molecule has 0 fully saturated rings. The second kappa shape index (κ2) is 3.40. The minimum atomic E-state index is -1.27. The lowest BCUT2D eigenvalue weighted by atomic mass is 9.86. The zero-order chi connectivity index (χ0) is 10.0. The Hall–Kier alpha value is -1.38. The molecule has 2 atom stereocenters. The Morgan fingerprint density at radius 3 is 2.50 bits per heavy atom. The van der Waals surface area contributed by atoms with Crippen LogP contribution in [0, 0.1) is 0 Å². The molecule has 2 rings (SSSR count). The third-order valence-corrected chi connectivity index (χ3v) is 2.43. The second-order valence-electron chi connectivity index (χ2n) is 3.52. The quantitative estimate of drug-likeness (QED) is 0.655. The molecule has 1 aliphatic carbocycles. The van der Waals surface area contributed by atoms with E-state index >= 15 is 0 Å². The first-order chi connectivity index (χ1) is 6.70. The molecule has 1 aliphatic rings. The van der Waals surface area contributed by atoms with Crippen molar-refractivity contribution in [2.75, 3.05) is 0 Å². The molecule has 0 aromatic heterocycles. The van der Waals surface area contributed by atoms with E-state index in [0.717, 1.165) is 5.56 Å². The van der Waals surface area contributed by atoms with Crippen molar-refractivity contribution < 1.29 is 5.11 Å². The summed E-state index contributed by atoms with van der Waals surface area (Å²) in [5, 5.41) is 9.93. The largest absolute Gasteiger partial charge is 0.371 e. The summed E-state index contributed by atoms with van der Waals surface area (Å²) in [4.78, 5) is 0. The lowest BCUT2D eigenvalue weighted by Gasteiger charge is -2.29. The van der Waals surface area contributed by atoms with Crippen molar-refractivity contribution in [2.45, 2.75) is 11.6 Å². The zero-order valence-electron chi connectivity index (χ0n) is 7.80. The highest BCUT2D eigenvalue weighted by atomic mass is 16.3. The van der Waals surface area contributed by atoms with E-state index in [2.05, 4.69) is 0 Å². The van der Waals surface area contributed by atoms with Gasteiger partial charge in [0.1, 0.15) is 5.72 Å². The lowest BCUT2D eigenvalue weighted by molar-refractivity contribution is 0.0815. The summed E-state index contributed by atoms with van der Waals surface area (Å²) in [6, 6.07) is 9.76. The third kappa shape index (κ3) is 1.62. The summed E-state index contributed by atoms with van der Waals surface area (Å²) in [5.41, 5.74) is 5.53. The van der Waals surface area contributed by atoms with Gasteiger partial charge in [-0.25, -0.2) is 0 Å². The molecule has 1 aromatic carbocycles. The van der Waals surface area contributed by atoms with Gasteiger partial charge in [-0.3, -0.25) is 5.73 Å². The summed E-state index contributed by atoms with van der Waals surface area (Å²) in [7, 11) is 0. The summed E-state index contributed by atoms with van der Waals surface area (Å²) in [5.74, 6) is -0.159. The molecule has 0 amide bonds. The Morgan fingerprint density at radius 1 is 1.14 bits per heavy atom. The molecule has 0 saturated carbocycles. The molecule has 0 spiro atoms. The molecule has 14 heavy (non-hydrogen) atoms. The predicted octanol–water partition coefficient (Wildman–Crippen LogP) is 1.54. The van der Waals surface area contributed by atoms with Crippen molar-refractivity contribution >= 4 is 0 Å².